The van der Waals surface area contributed by atoms with Crippen molar-refractivity contribution in [2.75, 3.05) is 6.54 Å². The first kappa shape index (κ1) is 11.8. The summed E-state index contributed by atoms with van der Waals surface area (Å²) in [5.74, 6) is -1.20. The van der Waals surface area contributed by atoms with Crippen molar-refractivity contribution in [3.63, 3.8) is 0 Å². The fourth-order valence-electron chi connectivity index (χ4n) is 0.805. The van der Waals surface area contributed by atoms with Crippen LogP contribution in [0.5, 0.6) is 0 Å². The van der Waals surface area contributed by atoms with Crippen LogP contribution in [0.25, 0.3) is 0 Å². The number of sulfonamides is 1. The number of nitriles is 1. The maximum Gasteiger partial charge on any atom is 0.246 e. The summed E-state index contributed by atoms with van der Waals surface area (Å²) >= 11 is 5.35. The maximum atomic E-state index is 13.1. The van der Waals surface area contributed by atoms with Crippen LogP contribution in [-0.2, 0) is 10.0 Å². The Balaban J connectivity index is 3.12. The molecular formula is C7H5ClFN3O2S. The summed E-state index contributed by atoms with van der Waals surface area (Å²) in [4.78, 5) is 2.51. The quantitative estimate of drug-likeness (QED) is 0.631. The number of nitrogens with zero attached hydrogens (tertiary/aromatic N) is 2. The van der Waals surface area contributed by atoms with Crippen LogP contribution in [0.3, 0.4) is 0 Å². The number of rotatable bonds is 3. The third-order valence-corrected chi connectivity index (χ3v) is 3.03. The van der Waals surface area contributed by atoms with E-state index in [2.05, 4.69) is 4.98 Å². The van der Waals surface area contributed by atoms with E-state index in [4.69, 9.17) is 16.9 Å². The molecule has 1 N–H and O–H groups in total. The smallest absolute Gasteiger partial charge is 0.207 e. The summed E-state index contributed by atoms with van der Waals surface area (Å²) in [5, 5.41) is 8.04. The fraction of sp³-hybridized carbons (Fsp3) is 0.143. The van der Waals surface area contributed by atoms with Gasteiger partial charge in [-0.25, -0.2) is 13.4 Å². The van der Waals surface area contributed by atoms with Crippen molar-refractivity contribution in [2.45, 2.75) is 4.90 Å². The van der Waals surface area contributed by atoms with Crippen LogP contribution < -0.4 is 4.72 Å². The molecule has 0 amide bonds. The standard InChI is InChI=1S/C7H5ClFN3O2S/c8-6-2-1-5(7(9)12-6)15(13,14)11-4-3-10/h1-2,11H,4H2. The summed E-state index contributed by atoms with van der Waals surface area (Å²) in [6.45, 7) is -0.440. The first-order valence-corrected chi connectivity index (χ1v) is 5.52. The van der Waals surface area contributed by atoms with E-state index >= 15 is 0 Å². The van der Waals surface area contributed by atoms with Crippen LogP contribution >= 0.6 is 11.6 Å². The predicted octanol–water partition coefficient (Wildman–Crippen LogP) is 0.676. The highest BCUT2D eigenvalue weighted by Crippen LogP contribution is 2.14. The topological polar surface area (TPSA) is 82.9 Å². The molecule has 1 aromatic rings. The van der Waals surface area contributed by atoms with Crippen LogP contribution in [0.2, 0.25) is 5.15 Å². The molecule has 15 heavy (non-hydrogen) atoms. The molecule has 0 saturated carbocycles. The largest absolute Gasteiger partial charge is 0.246 e. The third kappa shape index (κ3) is 2.86. The zero-order valence-electron chi connectivity index (χ0n) is 7.24. The van der Waals surface area contributed by atoms with Crippen molar-refractivity contribution in [2.24, 2.45) is 0 Å². The number of halogens is 2. The molecule has 1 rings (SSSR count). The Hall–Kier alpha value is -1.23. The second-order valence-electron chi connectivity index (χ2n) is 2.41. The van der Waals surface area contributed by atoms with Crippen LogP contribution in [0, 0.1) is 17.3 Å². The molecule has 0 aliphatic rings. The lowest BCUT2D eigenvalue weighted by Crippen LogP contribution is -2.25. The van der Waals surface area contributed by atoms with Gasteiger partial charge in [-0.05, 0) is 12.1 Å². The van der Waals surface area contributed by atoms with Gasteiger partial charge in [0, 0.05) is 0 Å². The Morgan fingerprint density at radius 1 is 1.60 bits per heavy atom. The first-order chi connectivity index (χ1) is 6.97. The van der Waals surface area contributed by atoms with E-state index < -0.39 is 27.4 Å². The van der Waals surface area contributed by atoms with Gasteiger partial charge in [0.05, 0.1) is 12.6 Å². The Morgan fingerprint density at radius 3 is 2.80 bits per heavy atom. The van der Waals surface area contributed by atoms with Gasteiger partial charge in [-0.15, -0.1) is 0 Å². The second-order valence-corrected chi connectivity index (χ2v) is 4.53. The average Bonchev–Trinajstić information content (AvgIpc) is 2.14. The van der Waals surface area contributed by atoms with Gasteiger partial charge in [-0.2, -0.15) is 14.4 Å². The molecule has 0 aliphatic carbocycles. The minimum Gasteiger partial charge on any atom is -0.207 e. The number of hydrogen-bond donors (Lipinski definition) is 1. The molecule has 0 spiro atoms. The predicted molar refractivity (Wildman–Crippen MR) is 50.0 cm³/mol. The fourth-order valence-corrected chi connectivity index (χ4v) is 1.87. The van der Waals surface area contributed by atoms with E-state index in [1.54, 1.807) is 6.07 Å². The molecule has 0 bridgehead atoms. The zero-order chi connectivity index (χ0) is 11.5. The molecule has 0 fully saturated rings. The first-order valence-electron chi connectivity index (χ1n) is 3.66. The lowest BCUT2D eigenvalue weighted by molar-refractivity contribution is 0.534. The molecule has 1 aromatic heterocycles. The zero-order valence-corrected chi connectivity index (χ0v) is 8.81. The summed E-state index contributed by atoms with van der Waals surface area (Å²) in [6.07, 6.45) is 0. The molecule has 0 unspecified atom stereocenters. The highest BCUT2D eigenvalue weighted by Gasteiger charge is 2.19. The minimum atomic E-state index is -4.04. The van der Waals surface area contributed by atoms with Crippen molar-refractivity contribution in [1.29, 1.82) is 5.26 Å². The number of aromatic nitrogens is 1. The number of pyridine rings is 1. The summed E-state index contributed by atoms with van der Waals surface area (Å²) in [7, 11) is -4.04. The summed E-state index contributed by atoms with van der Waals surface area (Å²) in [6, 6.07) is 3.69. The minimum absolute atomic E-state index is 0.147. The lowest BCUT2D eigenvalue weighted by Gasteiger charge is -2.03. The van der Waals surface area contributed by atoms with E-state index in [9.17, 15) is 12.8 Å². The third-order valence-electron chi connectivity index (χ3n) is 1.41. The average molecular weight is 250 g/mol. The Kier molecular flexibility index (Phi) is 3.57. The van der Waals surface area contributed by atoms with Gasteiger partial charge in [-0.1, -0.05) is 11.6 Å². The highest BCUT2D eigenvalue weighted by molar-refractivity contribution is 7.89. The van der Waals surface area contributed by atoms with E-state index in [-0.39, 0.29) is 5.15 Å². The molecular weight excluding hydrogens is 245 g/mol. The summed E-state index contributed by atoms with van der Waals surface area (Å²) in [5.41, 5.74) is 0. The Labute approximate surface area is 90.6 Å². The van der Waals surface area contributed by atoms with E-state index in [1.807, 2.05) is 4.72 Å². The van der Waals surface area contributed by atoms with Crippen LogP contribution in [0.4, 0.5) is 4.39 Å². The van der Waals surface area contributed by atoms with Crippen molar-refractivity contribution in [1.82, 2.24) is 9.71 Å². The molecule has 0 aromatic carbocycles. The SMILES string of the molecule is N#CCNS(=O)(=O)c1ccc(Cl)nc1F. The second kappa shape index (κ2) is 4.53. The van der Waals surface area contributed by atoms with Crippen molar-refractivity contribution in [3.8, 4) is 6.07 Å². The van der Waals surface area contributed by atoms with Crippen LogP contribution in [0.1, 0.15) is 0 Å². The number of hydrogen-bond acceptors (Lipinski definition) is 4. The molecule has 8 heteroatoms. The van der Waals surface area contributed by atoms with Gasteiger partial charge in [0.2, 0.25) is 16.0 Å². The Morgan fingerprint density at radius 2 is 2.27 bits per heavy atom. The van der Waals surface area contributed by atoms with Crippen LogP contribution in [-0.4, -0.2) is 19.9 Å². The lowest BCUT2D eigenvalue weighted by atomic mass is 10.5. The van der Waals surface area contributed by atoms with E-state index in [0.717, 1.165) is 12.1 Å². The van der Waals surface area contributed by atoms with Gasteiger partial charge < -0.3 is 0 Å². The molecule has 1 heterocycles. The van der Waals surface area contributed by atoms with Crippen molar-refractivity contribution in [3.05, 3.63) is 23.2 Å². The number of nitrogens with one attached hydrogen (secondary N) is 1. The normalized spacial score (nSPS) is 11.0. The van der Waals surface area contributed by atoms with Crippen molar-refractivity contribution >= 4 is 21.6 Å². The monoisotopic (exact) mass is 249 g/mol. The highest BCUT2D eigenvalue weighted by atomic mass is 35.5. The Bertz CT molecular complexity index is 511. The molecule has 0 atom stereocenters. The summed E-state index contributed by atoms with van der Waals surface area (Å²) < 4.78 is 37.6. The van der Waals surface area contributed by atoms with Crippen molar-refractivity contribution < 1.29 is 12.8 Å². The van der Waals surface area contributed by atoms with E-state index in [0.29, 0.717) is 0 Å². The molecule has 5 nitrogen and oxygen atoms in total. The van der Waals surface area contributed by atoms with Gasteiger partial charge in [0.15, 0.2) is 0 Å². The van der Waals surface area contributed by atoms with E-state index in [1.165, 1.54) is 0 Å². The molecule has 0 aliphatic heterocycles. The van der Waals surface area contributed by atoms with Gasteiger partial charge in [-0.3, -0.25) is 0 Å². The maximum absolute atomic E-state index is 13.1. The molecule has 0 saturated heterocycles. The molecule has 80 valence electrons. The van der Waals surface area contributed by atoms with Gasteiger partial charge in [0.25, 0.3) is 0 Å². The van der Waals surface area contributed by atoms with Gasteiger partial charge in [0.1, 0.15) is 10.0 Å². The van der Waals surface area contributed by atoms with Crippen LogP contribution in [0.15, 0.2) is 17.0 Å². The van der Waals surface area contributed by atoms with Gasteiger partial charge >= 0.3 is 0 Å². The molecule has 0 radical (unpaired) electrons.